The van der Waals surface area contributed by atoms with Gasteiger partial charge >= 0.3 is 0 Å². The van der Waals surface area contributed by atoms with Crippen LogP contribution in [0.15, 0.2) is 36.9 Å². The number of ether oxygens (including phenoxy) is 2. The molecular formula is C23H26N6O2. The van der Waals surface area contributed by atoms with Crippen LogP contribution in [0.25, 0.3) is 22.3 Å². The predicted molar refractivity (Wildman–Crippen MR) is 117 cm³/mol. The van der Waals surface area contributed by atoms with Gasteiger partial charge in [-0.2, -0.15) is 0 Å². The van der Waals surface area contributed by atoms with E-state index in [1.54, 1.807) is 18.6 Å². The monoisotopic (exact) mass is 418 g/mol. The summed E-state index contributed by atoms with van der Waals surface area (Å²) in [5.74, 6) is 2.37. The molecule has 1 spiro atoms. The Balaban J connectivity index is 1.43. The minimum Gasteiger partial charge on any atom is -0.483 e. The summed E-state index contributed by atoms with van der Waals surface area (Å²) < 4.78 is 11.5. The van der Waals surface area contributed by atoms with Crippen molar-refractivity contribution in [3.63, 3.8) is 0 Å². The molecule has 0 atom stereocenters. The fraction of sp³-hybridized carbons (Fsp3) is 0.478. The van der Waals surface area contributed by atoms with Gasteiger partial charge in [0, 0.05) is 37.6 Å². The van der Waals surface area contributed by atoms with Crippen LogP contribution >= 0.6 is 0 Å². The van der Waals surface area contributed by atoms with Crippen molar-refractivity contribution in [2.75, 3.05) is 44.3 Å². The van der Waals surface area contributed by atoms with Crippen LogP contribution in [0.3, 0.4) is 0 Å². The molecule has 0 amide bonds. The molecule has 3 aromatic heterocycles. The van der Waals surface area contributed by atoms with Crippen molar-refractivity contribution < 1.29 is 9.47 Å². The molecular weight excluding hydrogens is 392 g/mol. The van der Waals surface area contributed by atoms with Crippen molar-refractivity contribution in [1.29, 1.82) is 0 Å². The van der Waals surface area contributed by atoms with Crippen LogP contribution < -0.4 is 15.0 Å². The van der Waals surface area contributed by atoms with Gasteiger partial charge in [-0.3, -0.25) is 9.97 Å². The summed E-state index contributed by atoms with van der Waals surface area (Å²) in [5, 5.41) is 4.50. The molecule has 31 heavy (non-hydrogen) atoms. The van der Waals surface area contributed by atoms with Crippen molar-refractivity contribution in [2.24, 2.45) is 5.41 Å². The van der Waals surface area contributed by atoms with Gasteiger partial charge in [0.1, 0.15) is 11.9 Å². The number of piperidine rings is 1. The molecule has 1 N–H and O–H groups in total. The van der Waals surface area contributed by atoms with Gasteiger partial charge in [-0.05, 0) is 43.4 Å². The van der Waals surface area contributed by atoms with Crippen LogP contribution in [0.4, 0.5) is 5.82 Å². The third kappa shape index (κ3) is 3.49. The van der Waals surface area contributed by atoms with Crippen molar-refractivity contribution in [2.45, 2.75) is 25.4 Å². The Labute approximate surface area is 181 Å². The highest BCUT2D eigenvalue weighted by molar-refractivity contribution is 5.95. The van der Waals surface area contributed by atoms with Crippen molar-refractivity contribution >= 4 is 16.7 Å². The number of hydrogen-bond acceptors (Lipinski definition) is 8. The average molecular weight is 419 g/mol. The van der Waals surface area contributed by atoms with Gasteiger partial charge in [-0.15, -0.1) is 0 Å². The summed E-state index contributed by atoms with van der Waals surface area (Å²) in [4.78, 5) is 20.8. The lowest BCUT2D eigenvalue weighted by atomic mass is 9.78. The van der Waals surface area contributed by atoms with Crippen molar-refractivity contribution in [1.82, 2.24) is 25.3 Å². The highest BCUT2D eigenvalue weighted by Crippen LogP contribution is 2.41. The van der Waals surface area contributed by atoms with Crippen LogP contribution in [-0.2, 0) is 4.74 Å². The first kappa shape index (κ1) is 18.9. The van der Waals surface area contributed by atoms with Crippen LogP contribution in [0.2, 0.25) is 0 Å². The minimum atomic E-state index is 0.0642. The van der Waals surface area contributed by atoms with Crippen LogP contribution in [0, 0.1) is 5.41 Å². The SMILES string of the molecule is c1cc(-c2nc(N3CCC4(CCNC4)CC3)c3c(OC4COC4)cncc3n2)ccn1. The van der Waals surface area contributed by atoms with Gasteiger partial charge in [-0.25, -0.2) is 9.97 Å². The highest BCUT2D eigenvalue weighted by Gasteiger charge is 2.38. The predicted octanol–water partition coefficient (Wildman–Crippen LogP) is 2.44. The Morgan fingerprint density at radius 3 is 2.58 bits per heavy atom. The van der Waals surface area contributed by atoms with Gasteiger partial charge in [0.25, 0.3) is 0 Å². The Hall–Kier alpha value is -2.84. The van der Waals surface area contributed by atoms with Gasteiger partial charge in [-0.1, -0.05) is 0 Å². The summed E-state index contributed by atoms with van der Waals surface area (Å²) in [7, 11) is 0. The highest BCUT2D eigenvalue weighted by atomic mass is 16.6. The van der Waals surface area contributed by atoms with Crippen LogP contribution in [0.1, 0.15) is 19.3 Å². The lowest BCUT2D eigenvalue weighted by molar-refractivity contribution is -0.0792. The van der Waals surface area contributed by atoms with E-state index < -0.39 is 0 Å². The quantitative estimate of drug-likeness (QED) is 0.692. The Bertz CT molecular complexity index is 1070. The molecule has 0 unspecified atom stereocenters. The molecule has 3 aliphatic heterocycles. The number of hydrogen-bond donors (Lipinski definition) is 1. The van der Waals surface area contributed by atoms with Crippen molar-refractivity contribution in [3.8, 4) is 17.1 Å². The molecule has 160 valence electrons. The number of nitrogens with zero attached hydrogens (tertiary/aromatic N) is 5. The van der Waals surface area contributed by atoms with E-state index in [9.17, 15) is 0 Å². The Kier molecular flexibility index (Phi) is 4.69. The van der Waals surface area contributed by atoms with E-state index in [1.807, 2.05) is 18.3 Å². The number of aromatic nitrogens is 4. The van der Waals surface area contributed by atoms with E-state index in [0.717, 1.165) is 54.2 Å². The lowest BCUT2D eigenvalue weighted by Gasteiger charge is -2.40. The number of rotatable bonds is 4. The first-order valence-electron chi connectivity index (χ1n) is 11.1. The molecule has 0 aliphatic carbocycles. The third-order valence-electron chi connectivity index (χ3n) is 6.85. The van der Waals surface area contributed by atoms with E-state index in [1.165, 1.54) is 19.3 Å². The molecule has 8 heteroatoms. The molecule has 3 fully saturated rings. The minimum absolute atomic E-state index is 0.0642. The zero-order valence-corrected chi connectivity index (χ0v) is 17.5. The van der Waals surface area contributed by atoms with E-state index in [0.29, 0.717) is 24.5 Å². The maximum absolute atomic E-state index is 6.22. The molecule has 3 aromatic rings. The second-order valence-corrected chi connectivity index (χ2v) is 8.83. The molecule has 3 saturated heterocycles. The van der Waals surface area contributed by atoms with Crippen LogP contribution in [-0.4, -0.2) is 65.4 Å². The zero-order chi connectivity index (χ0) is 20.7. The average Bonchev–Trinajstić information content (AvgIpc) is 3.24. The third-order valence-corrected chi connectivity index (χ3v) is 6.85. The standard InChI is InChI=1S/C23H26N6O2/c1-6-24-7-2-16(1)21-27-18-11-26-12-19(31-17-13-30-14-17)20(18)22(28-21)29-9-4-23(5-10-29)3-8-25-15-23/h1-2,6-7,11-12,17,25H,3-5,8-10,13-15H2. The first-order chi connectivity index (χ1) is 15.3. The summed E-state index contributed by atoms with van der Waals surface area (Å²) in [5.41, 5.74) is 2.19. The smallest absolute Gasteiger partial charge is 0.162 e. The first-order valence-corrected chi connectivity index (χ1v) is 11.1. The Morgan fingerprint density at radius 1 is 1.03 bits per heavy atom. The van der Waals surface area contributed by atoms with Gasteiger partial charge in [0.2, 0.25) is 0 Å². The molecule has 0 aromatic carbocycles. The fourth-order valence-electron chi connectivity index (χ4n) is 4.86. The summed E-state index contributed by atoms with van der Waals surface area (Å²) >= 11 is 0. The summed E-state index contributed by atoms with van der Waals surface area (Å²) in [6.45, 7) is 5.46. The summed E-state index contributed by atoms with van der Waals surface area (Å²) in [6, 6.07) is 3.89. The van der Waals surface area contributed by atoms with E-state index in [4.69, 9.17) is 19.4 Å². The topological polar surface area (TPSA) is 85.3 Å². The molecule has 8 nitrogen and oxygen atoms in total. The van der Waals surface area contributed by atoms with Crippen LogP contribution in [0.5, 0.6) is 5.75 Å². The molecule has 6 rings (SSSR count). The van der Waals surface area contributed by atoms with E-state index >= 15 is 0 Å². The number of nitrogens with one attached hydrogen (secondary N) is 1. The van der Waals surface area contributed by atoms with Gasteiger partial charge in [0.15, 0.2) is 11.6 Å². The maximum atomic E-state index is 6.22. The molecule has 0 saturated carbocycles. The molecule has 3 aliphatic rings. The van der Waals surface area contributed by atoms with E-state index in [2.05, 4.69) is 20.2 Å². The molecule has 6 heterocycles. The Morgan fingerprint density at radius 2 is 1.87 bits per heavy atom. The number of fused-ring (bicyclic) bond motifs is 1. The maximum Gasteiger partial charge on any atom is 0.162 e. The molecule has 0 radical (unpaired) electrons. The van der Waals surface area contributed by atoms with Gasteiger partial charge in [0.05, 0.1) is 36.5 Å². The van der Waals surface area contributed by atoms with Crippen molar-refractivity contribution in [3.05, 3.63) is 36.9 Å². The van der Waals surface area contributed by atoms with E-state index in [-0.39, 0.29) is 6.10 Å². The molecule has 0 bridgehead atoms. The number of pyridine rings is 2. The zero-order valence-electron chi connectivity index (χ0n) is 17.5. The lowest BCUT2D eigenvalue weighted by Crippen LogP contribution is -2.42. The summed E-state index contributed by atoms with van der Waals surface area (Å²) in [6.07, 6.45) is 10.8. The largest absolute Gasteiger partial charge is 0.483 e. The van der Waals surface area contributed by atoms with Gasteiger partial charge < -0.3 is 19.7 Å². The number of anilines is 1. The fourth-order valence-corrected chi connectivity index (χ4v) is 4.86. The normalized spacial score (nSPS) is 20.8. The second kappa shape index (κ2) is 7.69. The second-order valence-electron chi connectivity index (χ2n) is 8.83.